The van der Waals surface area contributed by atoms with Gasteiger partial charge in [0.2, 0.25) is 0 Å². The van der Waals surface area contributed by atoms with Crippen molar-refractivity contribution in [2.75, 3.05) is 27.7 Å². The van der Waals surface area contributed by atoms with Gasteiger partial charge in [-0.2, -0.15) is 0 Å². The molecule has 0 radical (unpaired) electrons. The summed E-state index contributed by atoms with van der Waals surface area (Å²) in [6.45, 7) is 1.33. The highest BCUT2D eigenvalue weighted by Gasteiger charge is 2.45. The fourth-order valence-corrected chi connectivity index (χ4v) is 2.99. The first kappa shape index (κ1) is 7.56. The van der Waals surface area contributed by atoms with Crippen molar-refractivity contribution in [3.8, 4) is 0 Å². The van der Waals surface area contributed by atoms with Gasteiger partial charge in [0.15, 0.2) is 0 Å². The molecule has 0 aromatic carbocycles. The van der Waals surface area contributed by atoms with E-state index < -0.39 is 0 Å². The number of likely N-dealkylation sites (tertiary alicyclic amines) is 1. The average molecular weight is 154 g/mol. The number of rotatable bonds is 1. The lowest BCUT2D eigenvalue weighted by molar-refractivity contribution is 0.219. The standard InChI is InChI=1S/C9H18N2/c1-10(2)9-7-4-5-8(9)11(3)6-7/h7-9H,4-6H2,1-3H3/t7-,8-,9-/m1/s1. The minimum atomic E-state index is 0.847. The minimum absolute atomic E-state index is 0.847. The van der Waals surface area contributed by atoms with Gasteiger partial charge in [-0.3, -0.25) is 0 Å². The van der Waals surface area contributed by atoms with Gasteiger partial charge in [0.05, 0.1) is 0 Å². The highest BCUT2D eigenvalue weighted by molar-refractivity contribution is 5.02. The molecule has 1 aliphatic heterocycles. The van der Waals surface area contributed by atoms with Crippen LogP contribution in [-0.2, 0) is 0 Å². The van der Waals surface area contributed by atoms with Gasteiger partial charge in [0.25, 0.3) is 0 Å². The van der Waals surface area contributed by atoms with Gasteiger partial charge in [-0.05, 0) is 39.9 Å². The summed E-state index contributed by atoms with van der Waals surface area (Å²) in [6, 6.07) is 1.70. The highest BCUT2D eigenvalue weighted by Crippen LogP contribution is 2.38. The molecule has 2 heteroatoms. The van der Waals surface area contributed by atoms with E-state index in [0.29, 0.717) is 0 Å². The Labute approximate surface area is 69.2 Å². The number of hydrogen-bond acceptors (Lipinski definition) is 2. The van der Waals surface area contributed by atoms with Crippen molar-refractivity contribution < 1.29 is 0 Å². The van der Waals surface area contributed by atoms with Crippen molar-refractivity contribution in [2.24, 2.45) is 5.92 Å². The van der Waals surface area contributed by atoms with E-state index in [0.717, 1.165) is 18.0 Å². The molecule has 64 valence electrons. The number of piperidine rings is 1. The molecule has 0 spiro atoms. The summed E-state index contributed by atoms with van der Waals surface area (Å²) in [5.41, 5.74) is 0. The number of hydrogen-bond donors (Lipinski definition) is 0. The van der Waals surface area contributed by atoms with Crippen LogP contribution in [0.1, 0.15) is 12.8 Å². The third-order valence-corrected chi connectivity index (χ3v) is 3.40. The van der Waals surface area contributed by atoms with Gasteiger partial charge in [-0.1, -0.05) is 0 Å². The Kier molecular flexibility index (Phi) is 1.69. The van der Waals surface area contributed by atoms with Gasteiger partial charge in [0, 0.05) is 18.6 Å². The first-order valence-corrected chi connectivity index (χ1v) is 4.57. The maximum absolute atomic E-state index is 2.53. The topological polar surface area (TPSA) is 6.48 Å². The van der Waals surface area contributed by atoms with Crippen LogP contribution in [0.2, 0.25) is 0 Å². The normalized spacial score (nSPS) is 44.2. The zero-order valence-electron chi connectivity index (χ0n) is 7.75. The van der Waals surface area contributed by atoms with Crippen LogP contribution in [0.3, 0.4) is 0 Å². The zero-order chi connectivity index (χ0) is 8.01. The fraction of sp³-hybridized carbons (Fsp3) is 1.00. The maximum atomic E-state index is 2.53. The third-order valence-electron chi connectivity index (χ3n) is 3.40. The Morgan fingerprint density at radius 2 is 2.00 bits per heavy atom. The van der Waals surface area contributed by atoms with E-state index in [1.165, 1.54) is 19.4 Å². The van der Waals surface area contributed by atoms with Crippen molar-refractivity contribution >= 4 is 0 Å². The summed E-state index contributed by atoms with van der Waals surface area (Å²) in [5.74, 6) is 0.958. The predicted octanol–water partition coefficient (Wildman–Crippen LogP) is 0.641. The highest BCUT2D eigenvalue weighted by atomic mass is 15.3. The molecule has 0 aromatic heterocycles. The quantitative estimate of drug-likeness (QED) is 0.547. The lowest BCUT2D eigenvalue weighted by atomic mass is 10.1. The fourth-order valence-electron chi connectivity index (χ4n) is 2.99. The molecule has 0 unspecified atom stereocenters. The van der Waals surface area contributed by atoms with Gasteiger partial charge in [-0.15, -0.1) is 0 Å². The van der Waals surface area contributed by atoms with Gasteiger partial charge >= 0.3 is 0 Å². The van der Waals surface area contributed by atoms with E-state index in [9.17, 15) is 0 Å². The number of likely N-dealkylation sites (N-methyl/N-ethyl adjacent to an activating group) is 2. The van der Waals surface area contributed by atoms with Crippen LogP contribution < -0.4 is 0 Å². The van der Waals surface area contributed by atoms with E-state index in [4.69, 9.17) is 0 Å². The first-order chi connectivity index (χ1) is 5.20. The van der Waals surface area contributed by atoms with Crippen LogP contribution in [0, 0.1) is 5.92 Å². The zero-order valence-corrected chi connectivity index (χ0v) is 7.75. The van der Waals surface area contributed by atoms with Crippen LogP contribution in [0.5, 0.6) is 0 Å². The second-order valence-corrected chi connectivity index (χ2v) is 4.30. The Balaban J connectivity index is 2.13. The van der Waals surface area contributed by atoms with Crippen LogP contribution in [0.25, 0.3) is 0 Å². The molecule has 1 saturated carbocycles. The van der Waals surface area contributed by atoms with Crippen LogP contribution >= 0.6 is 0 Å². The maximum Gasteiger partial charge on any atom is 0.0285 e. The van der Waals surface area contributed by atoms with Gasteiger partial charge in [-0.25, -0.2) is 0 Å². The molecule has 11 heavy (non-hydrogen) atoms. The lowest BCUT2D eigenvalue weighted by Gasteiger charge is -2.25. The Morgan fingerprint density at radius 1 is 1.27 bits per heavy atom. The molecular weight excluding hydrogens is 136 g/mol. The molecule has 1 heterocycles. The van der Waals surface area contributed by atoms with Crippen molar-refractivity contribution in [3.05, 3.63) is 0 Å². The summed E-state index contributed by atoms with van der Waals surface area (Å²) in [5, 5.41) is 0. The first-order valence-electron chi connectivity index (χ1n) is 4.57. The van der Waals surface area contributed by atoms with Crippen LogP contribution in [-0.4, -0.2) is 49.6 Å². The van der Waals surface area contributed by atoms with E-state index in [1.54, 1.807) is 0 Å². The Morgan fingerprint density at radius 3 is 2.27 bits per heavy atom. The summed E-state index contributed by atoms with van der Waals surface area (Å²) < 4.78 is 0. The molecule has 2 aliphatic rings. The van der Waals surface area contributed by atoms with E-state index in [2.05, 4.69) is 30.9 Å². The SMILES string of the molecule is CN(C)[C@@H]1[C@@H]2CC[C@H]1N(C)C2. The van der Waals surface area contributed by atoms with E-state index in [1.807, 2.05) is 0 Å². The van der Waals surface area contributed by atoms with Crippen LogP contribution in [0.4, 0.5) is 0 Å². The molecule has 3 atom stereocenters. The molecule has 2 bridgehead atoms. The summed E-state index contributed by atoms with van der Waals surface area (Å²) >= 11 is 0. The summed E-state index contributed by atoms with van der Waals surface area (Å²) in [6.07, 6.45) is 2.88. The predicted molar refractivity (Wildman–Crippen MR) is 46.6 cm³/mol. The summed E-state index contributed by atoms with van der Waals surface area (Å²) in [7, 11) is 6.70. The molecule has 0 N–H and O–H groups in total. The second kappa shape index (κ2) is 2.46. The smallest absolute Gasteiger partial charge is 0.0285 e. The molecule has 0 amide bonds. The van der Waals surface area contributed by atoms with Crippen molar-refractivity contribution in [1.82, 2.24) is 9.80 Å². The monoisotopic (exact) mass is 154 g/mol. The minimum Gasteiger partial charge on any atom is -0.305 e. The van der Waals surface area contributed by atoms with E-state index >= 15 is 0 Å². The van der Waals surface area contributed by atoms with Gasteiger partial charge in [0.1, 0.15) is 0 Å². The summed E-state index contributed by atoms with van der Waals surface area (Å²) in [4.78, 5) is 4.94. The van der Waals surface area contributed by atoms with E-state index in [-0.39, 0.29) is 0 Å². The largest absolute Gasteiger partial charge is 0.305 e. The van der Waals surface area contributed by atoms with Crippen molar-refractivity contribution in [2.45, 2.75) is 24.9 Å². The second-order valence-electron chi connectivity index (χ2n) is 4.30. The number of nitrogens with zero attached hydrogens (tertiary/aromatic N) is 2. The molecule has 1 aliphatic carbocycles. The molecule has 0 aromatic rings. The molecule has 2 nitrogen and oxygen atoms in total. The van der Waals surface area contributed by atoms with Crippen molar-refractivity contribution in [3.63, 3.8) is 0 Å². The van der Waals surface area contributed by atoms with Crippen molar-refractivity contribution in [1.29, 1.82) is 0 Å². The third kappa shape index (κ3) is 1.00. The Bertz CT molecular complexity index is 156. The van der Waals surface area contributed by atoms with Gasteiger partial charge < -0.3 is 9.80 Å². The molecule has 2 fully saturated rings. The lowest BCUT2D eigenvalue weighted by Crippen LogP contribution is -2.38. The molecule has 1 saturated heterocycles. The number of fused-ring (bicyclic) bond motifs is 2. The van der Waals surface area contributed by atoms with Crippen LogP contribution in [0.15, 0.2) is 0 Å². The molecule has 2 rings (SSSR count). The molecular formula is C9H18N2. The average Bonchev–Trinajstić information content (AvgIpc) is 2.41. The Hall–Kier alpha value is -0.0800.